The molecule has 0 aromatic heterocycles. The highest BCUT2D eigenvalue weighted by Crippen LogP contribution is 2.39. The van der Waals surface area contributed by atoms with Crippen molar-refractivity contribution in [2.75, 3.05) is 11.5 Å². The van der Waals surface area contributed by atoms with Crippen LogP contribution in [0.15, 0.2) is 17.6 Å². The maximum Gasteiger partial charge on any atom is 0.491 e. The predicted octanol–water partition coefficient (Wildman–Crippen LogP) is 3.66. The lowest BCUT2D eigenvalue weighted by molar-refractivity contribution is 0.00578. The Morgan fingerprint density at radius 2 is 1.82 bits per heavy atom. The summed E-state index contributed by atoms with van der Waals surface area (Å²) in [6.45, 7) is 9.78. The molecule has 1 aliphatic rings. The molecule has 3 nitrogen and oxygen atoms in total. The molecule has 1 aliphatic heterocycles. The van der Waals surface area contributed by atoms with Gasteiger partial charge in [0.05, 0.1) is 11.2 Å². The second-order valence-corrected chi connectivity index (χ2v) is 7.01. The molecule has 0 unspecified atom stereocenters. The Labute approximate surface area is 137 Å². The van der Waals surface area contributed by atoms with Gasteiger partial charge in [-0.2, -0.15) is 12.6 Å². The lowest BCUT2D eigenvalue weighted by Gasteiger charge is -2.32. The van der Waals surface area contributed by atoms with Gasteiger partial charge in [-0.05, 0) is 57.8 Å². The number of aryl methyl sites for hydroxylation is 1. The van der Waals surface area contributed by atoms with Crippen LogP contribution in [0.25, 0.3) is 6.08 Å². The van der Waals surface area contributed by atoms with Gasteiger partial charge in [-0.3, -0.25) is 0 Å². The second-order valence-electron chi connectivity index (χ2n) is 6.70. The van der Waals surface area contributed by atoms with Crippen LogP contribution < -0.4 is 5.73 Å². The molecule has 120 valence electrons. The summed E-state index contributed by atoms with van der Waals surface area (Å²) in [5.74, 6) is 0.0542. The van der Waals surface area contributed by atoms with Crippen LogP contribution in [-0.2, 0) is 9.31 Å². The number of benzene rings is 1. The summed E-state index contributed by atoms with van der Waals surface area (Å²) in [5.41, 5.74) is 7.37. The Morgan fingerprint density at radius 1 is 1.27 bits per heavy atom. The zero-order valence-corrected chi connectivity index (χ0v) is 14.6. The predicted molar refractivity (Wildman–Crippen MR) is 93.5 cm³/mol. The molecule has 22 heavy (non-hydrogen) atoms. The van der Waals surface area contributed by atoms with Gasteiger partial charge in [0.15, 0.2) is 0 Å². The third-order valence-corrected chi connectivity index (χ3v) is 4.83. The molecule has 1 heterocycles. The third kappa shape index (κ3) is 3.19. The van der Waals surface area contributed by atoms with Crippen molar-refractivity contribution in [3.63, 3.8) is 0 Å². The highest BCUT2D eigenvalue weighted by molar-refractivity contribution is 7.80. The third-order valence-electron chi connectivity index (χ3n) is 4.46. The number of hydrogen-bond donors (Lipinski definition) is 2. The van der Waals surface area contributed by atoms with Gasteiger partial charge in [0.1, 0.15) is 5.82 Å². The fraction of sp³-hybridized carbons (Fsp3) is 0.500. The molecular weight excluding hydrogens is 300 g/mol. The summed E-state index contributed by atoms with van der Waals surface area (Å²) in [4.78, 5) is 0. The van der Waals surface area contributed by atoms with Gasteiger partial charge in [-0.25, -0.2) is 4.39 Å². The van der Waals surface area contributed by atoms with Crippen molar-refractivity contribution in [1.82, 2.24) is 0 Å². The van der Waals surface area contributed by atoms with Gasteiger partial charge in [0, 0.05) is 17.0 Å². The number of hydrogen-bond acceptors (Lipinski definition) is 4. The molecule has 1 aromatic rings. The first-order valence-electron chi connectivity index (χ1n) is 7.30. The van der Waals surface area contributed by atoms with Gasteiger partial charge in [-0.15, -0.1) is 0 Å². The van der Waals surface area contributed by atoms with Gasteiger partial charge >= 0.3 is 7.12 Å². The maximum absolute atomic E-state index is 14.1. The first-order valence-corrected chi connectivity index (χ1v) is 7.93. The highest BCUT2D eigenvalue weighted by atomic mass is 32.1. The van der Waals surface area contributed by atoms with E-state index in [9.17, 15) is 4.39 Å². The van der Waals surface area contributed by atoms with E-state index >= 15 is 0 Å². The minimum Gasteiger partial charge on any atom is -0.400 e. The largest absolute Gasteiger partial charge is 0.491 e. The number of rotatable bonds is 3. The average molecular weight is 323 g/mol. The van der Waals surface area contributed by atoms with Crippen LogP contribution >= 0.6 is 12.6 Å². The van der Waals surface area contributed by atoms with Crippen LogP contribution in [-0.4, -0.2) is 24.1 Å². The van der Waals surface area contributed by atoms with Crippen LogP contribution in [0.2, 0.25) is 0 Å². The topological polar surface area (TPSA) is 44.5 Å². The Hall–Kier alpha value is -0.975. The zero-order valence-electron chi connectivity index (χ0n) is 13.7. The Balaban J connectivity index is 2.36. The molecule has 0 spiro atoms. The van der Waals surface area contributed by atoms with Crippen molar-refractivity contribution in [1.29, 1.82) is 0 Å². The Kier molecular flexibility index (Phi) is 4.67. The van der Waals surface area contributed by atoms with Gasteiger partial charge in [0.25, 0.3) is 0 Å². The molecule has 0 amide bonds. The molecular formula is C16H23BFNO2S. The van der Waals surface area contributed by atoms with Crippen molar-refractivity contribution in [3.8, 4) is 0 Å². The van der Waals surface area contributed by atoms with Gasteiger partial charge in [0.2, 0.25) is 0 Å². The molecule has 2 N–H and O–H groups in total. The summed E-state index contributed by atoms with van der Waals surface area (Å²) in [6.07, 6.45) is 1.73. The van der Waals surface area contributed by atoms with Crippen LogP contribution in [0.3, 0.4) is 0 Å². The van der Waals surface area contributed by atoms with E-state index in [0.29, 0.717) is 17.0 Å². The van der Waals surface area contributed by atoms with Crippen molar-refractivity contribution in [2.45, 2.75) is 45.8 Å². The second kappa shape index (κ2) is 5.91. The van der Waals surface area contributed by atoms with Crippen LogP contribution in [0.5, 0.6) is 0 Å². The molecule has 1 fully saturated rings. The van der Waals surface area contributed by atoms with E-state index in [1.807, 2.05) is 34.6 Å². The smallest absolute Gasteiger partial charge is 0.400 e. The number of anilines is 1. The first kappa shape index (κ1) is 17.4. The van der Waals surface area contributed by atoms with Gasteiger partial charge < -0.3 is 15.0 Å². The molecule has 0 bridgehead atoms. The first-order chi connectivity index (χ1) is 10.1. The number of thiol groups is 1. The monoisotopic (exact) mass is 323 g/mol. The molecule has 0 aliphatic carbocycles. The minimum atomic E-state index is -0.528. The lowest BCUT2D eigenvalue weighted by atomic mass is 9.78. The SMILES string of the molecule is Cc1cc(C=C(CS)B2OC(C)(C)C(C)(C)O2)c(F)cc1N. The summed E-state index contributed by atoms with van der Waals surface area (Å²) < 4.78 is 26.1. The van der Waals surface area contributed by atoms with Crippen LogP contribution in [0, 0.1) is 12.7 Å². The molecule has 0 saturated carbocycles. The zero-order chi connectivity index (χ0) is 16.7. The normalized spacial score (nSPS) is 20.5. The van der Waals surface area contributed by atoms with E-state index in [4.69, 9.17) is 15.0 Å². The Bertz CT molecular complexity index is 600. The number of nitrogen functional groups attached to an aromatic ring is 1. The van der Waals surface area contributed by atoms with E-state index in [2.05, 4.69) is 12.6 Å². The summed E-state index contributed by atoms with van der Waals surface area (Å²) in [5, 5.41) is 0. The van der Waals surface area contributed by atoms with Crippen molar-refractivity contribution in [3.05, 3.63) is 34.5 Å². The van der Waals surface area contributed by atoms with Crippen LogP contribution in [0.4, 0.5) is 10.1 Å². The quantitative estimate of drug-likeness (QED) is 0.507. The standard InChI is InChI=1S/C16H23BFNO2S/c1-10-6-11(13(18)8-14(10)19)7-12(9-22)17-20-15(2,3)16(4,5)21-17/h6-8,22H,9,19H2,1-5H3. The Morgan fingerprint density at radius 3 is 2.32 bits per heavy atom. The van der Waals surface area contributed by atoms with Gasteiger partial charge in [-0.1, -0.05) is 6.08 Å². The minimum absolute atomic E-state index is 0.362. The molecule has 6 heteroatoms. The summed E-state index contributed by atoms with van der Waals surface area (Å²) in [7, 11) is -0.528. The lowest BCUT2D eigenvalue weighted by Crippen LogP contribution is -2.41. The summed E-state index contributed by atoms with van der Waals surface area (Å²) >= 11 is 4.34. The molecule has 1 aromatic carbocycles. The van der Waals surface area contributed by atoms with E-state index in [0.717, 1.165) is 11.0 Å². The van der Waals surface area contributed by atoms with E-state index < -0.39 is 18.3 Å². The fourth-order valence-electron chi connectivity index (χ4n) is 2.21. The van der Waals surface area contributed by atoms with Crippen molar-refractivity contribution < 1.29 is 13.7 Å². The van der Waals surface area contributed by atoms with Crippen molar-refractivity contribution >= 4 is 31.5 Å². The molecule has 0 radical (unpaired) electrons. The molecule has 0 atom stereocenters. The molecule has 1 saturated heterocycles. The van der Waals surface area contributed by atoms with E-state index in [1.165, 1.54) is 6.07 Å². The maximum atomic E-state index is 14.1. The number of nitrogens with two attached hydrogens (primary N) is 1. The van der Waals surface area contributed by atoms with E-state index in [-0.39, 0.29) is 5.82 Å². The number of halogens is 1. The average Bonchev–Trinajstić information content (AvgIpc) is 2.61. The highest BCUT2D eigenvalue weighted by Gasteiger charge is 2.52. The molecule has 2 rings (SSSR count). The summed E-state index contributed by atoms with van der Waals surface area (Å²) in [6, 6.07) is 3.06. The van der Waals surface area contributed by atoms with E-state index in [1.54, 1.807) is 12.1 Å². The fourth-order valence-corrected chi connectivity index (χ4v) is 2.45. The van der Waals surface area contributed by atoms with Crippen LogP contribution in [0.1, 0.15) is 38.8 Å². The van der Waals surface area contributed by atoms with Crippen molar-refractivity contribution in [2.24, 2.45) is 0 Å².